The van der Waals surface area contributed by atoms with E-state index in [2.05, 4.69) is 53.1 Å². The van der Waals surface area contributed by atoms with E-state index in [1.54, 1.807) is 11.3 Å². The molecule has 3 nitrogen and oxygen atoms in total. The van der Waals surface area contributed by atoms with Crippen molar-refractivity contribution in [1.29, 1.82) is 0 Å². The van der Waals surface area contributed by atoms with Crippen LogP contribution in [0.15, 0.2) is 53.9 Å². The Kier molecular flexibility index (Phi) is 6.65. The molecule has 134 valence electrons. The maximum atomic E-state index is 6.13. The first-order valence-electron chi connectivity index (χ1n) is 8.99. The van der Waals surface area contributed by atoms with Crippen LogP contribution in [0.4, 0.5) is 0 Å². The Labute approximate surface area is 160 Å². The molecule has 0 spiro atoms. The van der Waals surface area contributed by atoms with Crippen LogP contribution < -0.4 is 4.84 Å². The number of hydrogen-bond acceptors (Lipinski definition) is 4. The molecule has 0 saturated heterocycles. The van der Waals surface area contributed by atoms with E-state index in [0.29, 0.717) is 5.92 Å². The van der Waals surface area contributed by atoms with Crippen LogP contribution in [-0.2, 0) is 0 Å². The second kappa shape index (κ2) is 9.38. The highest BCUT2D eigenvalue weighted by atomic mass is 32.1. The number of hydroxylamine groups is 2. The number of hydrogen-bond donors (Lipinski definition) is 0. The lowest BCUT2D eigenvalue weighted by Gasteiger charge is -2.23. The van der Waals surface area contributed by atoms with Crippen LogP contribution >= 0.6 is 11.3 Å². The Balaban J connectivity index is 1.66. The third kappa shape index (κ3) is 5.87. The van der Waals surface area contributed by atoms with E-state index >= 15 is 0 Å². The van der Waals surface area contributed by atoms with E-state index in [1.165, 1.54) is 0 Å². The fourth-order valence-corrected chi connectivity index (χ4v) is 3.18. The summed E-state index contributed by atoms with van der Waals surface area (Å²) in [6, 6.07) is 7.95. The summed E-state index contributed by atoms with van der Waals surface area (Å²) in [5.74, 6) is 7.66. The molecule has 0 radical (unpaired) electrons. The summed E-state index contributed by atoms with van der Waals surface area (Å²) in [5.41, 5.74) is 1.76. The molecule has 1 aliphatic heterocycles. The summed E-state index contributed by atoms with van der Waals surface area (Å²) in [4.78, 5) is 10.5. The first-order valence-corrected chi connectivity index (χ1v) is 9.87. The first kappa shape index (κ1) is 18.4. The molecule has 1 aromatic heterocycles. The minimum absolute atomic E-state index is 0.544. The molecule has 26 heavy (non-hydrogen) atoms. The molecule has 3 rings (SSSR count). The maximum Gasteiger partial charge on any atom is 0.148 e. The van der Waals surface area contributed by atoms with Crippen molar-refractivity contribution in [2.75, 3.05) is 13.1 Å². The number of allylic oxidation sites excluding steroid dienone is 3. The molecule has 0 amide bonds. The third-order valence-corrected chi connectivity index (χ3v) is 4.86. The van der Waals surface area contributed by atoms with Gasteiger partial charge in [-0.05, 0) is 49.8 Å². The third-order valence-electron chi connectivity index (χ3n) is 4.09. The van der Waals surface area contributed by atoms with Gasteiger partial charge in [0.1, 0.15) is 11.4 Å². The van der Waals surface area contributed by atoms with Gasteiger partial charge in [0.2, 0.25) is 0 Å². The summed E-state index contributed by atoms with van der Waals surface area (Å²) in [7, 11) is 0. The second-order valence-corrected chi connectivity index (χ2v) is 7.48. The summed E-state index contributed by atoms with van der Waals surface area (Å²) in [6.07, 6.45) is 10.7. The molecular weight excluding hydrogens is 340 g/mol. The van der Waals surface area contributed by atoms with E-state index < -0.39 is 0 Å². The van der Waals surface area contributed by atoms with E-state index in [9.17, 15) is 0 Å². The quantitative estimate of drug-likeness (QED) is 0.702. The van der Waals surface area contributed by atoms with Crippen molar-refractivity contribution in [3.8, 4) is 17.6 Å². The minimum atomic E-state index is 0.544. The molecule has 2 heterocycles. The van der Waals surface area contributed by atoms with Gasteiger partial charge in [-0.2, -0.15) is 0 Å². The van der Waals surface area contributed by atoms with Crippen LogP contribution in [0.3, 0.4) is 0 Å². The number of benzene rings is 1. The molecule has 0 bridgehead atoms. The average molecular weight is 365 g/mol. The minimum Gasteiger partial charge on any atom is -0.406 e. The van der Waals surface area contributed by atoms with Crippen molar-refractivity contribution >= 4 is 11.3 Å². The van der Waals surface area contributed by atoms with Crippen LogP contribution in [0.2, 0.25) is 0 Å². The Morgan fingerprint density at radius 3 is 3.00 bits per heavy atom. The van der Waals surface area contributed by atoms with Crippen molar-refractivity contribution in [1.82, 2.24) is 10.0 Å². The van der Waals surface area contributed by atoms with Gasteiger partial charge in [0.25, 0.3) is 0 Å². The summed E-state index contributed by atoms with van der Waals surface area (Å²) in [5, 5.41) is 5.07. The number of aromatic nitrogens is 1. The highest BCUT2D eigenvalue weighted by Gasteiger charge is 2.09. The SMILES string of the molecule is Cc1nc(C#Cc2cccc(ON3CC/C=C\C=C/C(C)CC3)c2)cs1. The lowest BCUT2D eigenvalue weighted by atomic mass is 10.1. The summed E-state index contributed by atoms with van der Waals surface area (Å²) in [6.45, 7) is 6.02. The number of thiazole rings is 1. The van der Waals surface area contributed by atoms with Crippen molar-refractivity contribution in [2.24, 2.45) is 5.92 Å². The Bertz CT molecular complexity index is 841. The van der Waals surface area contributed by atoms with Crippen LogP contribution in [0.5, 0.6) is 5.75 Å². The zero-order valence-corrected chi connectivity index (χ0v) is 16.1. The zero-order chi connectivity index (χ0) is 18.2. The van der Waals surface area contributed by atoms with Crippen LogP contribution in [0.25, 0.3) is 0 Å². The zero-order valence-electron chi connectivity index (χ0n) is 15.3. The molecule has 0 aliphatic carbocycles. The molecule has 0 N–H and O–H groups in total. The van der Waals surface area contributed by atoms with Gasteiger partial charge >= 0.3 is 0 Å². The largest absolute Gasteiger partial charge is 0.406 e. The standard InChI is InChI=1S/C22H24N2OS/c1-18-8-5-3-4-6-14-24(15-13-18)25-22-10-7-9-20(16-22)11-12-21-17-26-19(2)23-21/h3-5,7-10,16-18H,6,13-15H2,1-2H3/b4-3-,8-5-. The van der Waals surface area contributed by atoms with Crippen LogP contribution in [0.1, 0.15) is 36.0 Å². The van der Waals surface area contributed by atoms with Crippen LogP contribution in [0, 0.1) is 24.7 Å². The molecule has 1 aromatic carbocycles. The number of rotatable bonds is 2. The molecule has 2 aromatic rings. The number of nitrogens with zero attached hydrogens (tertiary/aromatic N) is 2. The molecule has 0 saturated carbocycles. The first-order chi connectivity index (χ1) is 12.7. The smallest absolute Gasteiger partial charge is 0.148 e. The Morgan fingerprint density at radius 1 is 1.23 bits per heavy atom. The van der Waals surface area contributed by atoms with Crippen molar-refractivity contribution in [3.05, 3.63) is 70.2 Å². The highest BCUT2D eigenvalue weighted by Crippen LogP contribution is 2.16. The van der Waals surface area contributed by atoms with Crippen molar-refractivity contribution < 1.29 is 4.84 Å². The van der Waals surface area contributed by atoms with Crippen molar-refractivity contribution in [3.63, 3.8) is 0 Å². The van der Waals surface area contributed by atoms with Gasteiger partial charge in [0.15, 0.2) is 0 Å². The monoisotopic (exact) mass is 364 g/mol. The average Bonchev–Trinajstić information content (AvgIpc) is 3.06. The maximum absolute atomic E-state index is 6.13. The van der Waals surface area contributed by atoms with Gasteiger partial charge in [0.05, 0.1) is 5.01 Å². The van der Waals surface area contributed by atoms with E-state index in [-0.39, 0.29) is 0 Å². The Hall–Kier alpha value is -2.35. The summed E-state index contributed by atoms with van der Waals surface area (Å²) >= 11 is 1.62. The topological polar surface area (TPSA) is 25.4 Å². The fraction of sp³-hybridized carbons (Fsp3) is 0.318. The van der Waals surface area contributed by atoms with E-state index in [0.717, 1.165) is 47.9 Å². The van der Waals surface area contributed by atoms with Crippen molar-refractivity contribution in [2.45, 2.75) is 26.7 Å². The van der Waals surface area contributed by atoms with Gasteiger partial charge in [-0.15, -0.1) is 16.4 Å². The predicted octanol–water partition coefficient (Wildman–Crippen LogP) is 4.99. The van der Waals surface area contributed by atoms with Gasteiger partial charge in [0, 0.05) is 24.0 Å². The van der Waals surface area contributed by atoms with Gasteiger partial charge < -0.3 is 4.84 Å². The van der Waals surface area contributed by atoms with Crippen LogP contribution in [-0.4, -0.2) is 23.1 Å². The highest BCUT2D eigenvalue weighted by molar-refractivity contribution is 7.09. The number of aryl methyl sites for hydroxylation is 1. The fourth-order valence-electron chi connectivity index (χ4n) is 2.63. The lowest BCUT2D eigenvalue weighted by molar-refractivity contribution is -0.0593. The molecule has 0 fully saturated rings. The van der Waals surface area contributed by atoms with E-state index in [1.807, 2.05) is 36.6 Å². The summed E-state index contributed by atoms with van der Waals surface area (Å²) < 4.78 is 0. The van der Waals surface area contributed by atoms with E-state index in [4.69, 9.17) is 4.84 Å². The van der Waals surface area contributed by atoms with Gasteiger partial charge in [-0.3, -0.25) is 0 Å². The predicted molar refractivity (Wildman–Crippen MR) is 108 cm³/mol. The normalized spacial score (nSPS) is 20.6. The molecular formula is C22H24N2OS. The second-order valence-electron chi connectivity index (χ2n) is 6.42. The molecule has 1 unspecified atom stereocenters. The molecule has 1 aliphatic rings. The molecule has 1 atom stereocenters. The molecule has 4 heteroatoms. The van der Waals surface area contributed by atoms with Gasteiger partial charge in [-0.25, -0.2) is 4.98 Å². The van der Waals surface area contributed by atoms with Gasteiger partial charge in [-0.1, -0.05) is 43.2 Å². The Morgan fingerprint density at radius 2 is 2.15 bits per heavy atom. The lowest BCUT2D eigenvalue weighted by Crippen LogP contribution is -2.30.